The molecular formula is C25H25FN2O5. The lowest BCUT2D eigenvalue weighted by Gasteiger charge is -2.29. The van der Waals surface area contributed by atoms with Crippen LogP contribution in [0.1, 0.15) is 68.7 Å². The molecule has 1 aliphatic heterocycles. The highest BCUT2D eigenvalue weighted by Gasteiger charge is 2.40. The van der Waals surface area contributed by atoms with E-state index in [-0.39, 0.29) is 46.9 Å². The van der Waals surface area contributed by atoms with Crippen LogP contribution in [0.25, 0.3) is 0 Å². The van der Waals surface area contributed by atoms with Crippen LogP contribution in [-0.2, 0) is 16.1 Å². The van der Waals surface area contributed by atoms with Crippen LogP contribution in [0.2, 0.25) is 0 Å². The summed E-state index contributed by atoms with van der Waals surface area (Å²) in [5.41, 5.74) is 1.33. The molecule has 1 heterocycles. The Hall–Kier alpha value is -3.55. The van der Waals surface area contributed by atoms with Crippen LogP contribution in [-0.4, -0.2) is 53.2 Å². The van der Waals surface area contributed by atoms with Crippen LogP contribution in [0.4, 0.5) is 4.39 Å². The van der Waals surface area contributed by atoms with Crippen molar-refractivity contribution >= 4 is 23.7 Å². The number of carbonyl (C=O) groups is 4. The van der Waals surface area contributed by atoms with Gasteiger partial charge in [0.05, 0.1) is 16.7 Å². The molecule has 0 aromatic heterocycles. The van der Waals surface area contributed by atoms with Gasteiger partial charge in [-0.15, -0.1) is 0 Å². The molecule has 7 nitrogen and oxygen atoms in total. The largest absolute Gasteiger partial charge is 0.452 e. The fourth-order valence-electron chi connectivity index (χ4n) is 4.33. The van der Waals surface area contributed by atoms with E-state index in [1.165, 1.54) is 40.1 Å². The Morgan fingerprint density at radius 1 is 1.00 bits per heavy atom. The van der Waals surface area contributed by atoms with Gasteiger partial charge >= 0.3 is 5.97 Å². The normalized spacial score (nSPS) is 16.0. The lowest BCUT2D eigenvalue weighted by Crippen LogP contribution is -2.40. The Morgan fingerprint density at radius 3 is 2.36 bits per heavy atom. The van der Waals surface area contributed by atoms with E-state index >= 15 is 0 Å². The van der Waals surface area contributed by atoms with Gasteiger partial charge in [-0.3, -0.25) is 19.3 Å². The molecule has 0 saturated heterocycles. The van der Waals surface area contributed by atoms with Crippen LogP contribution < -0.4 is 0 Å². The van der Waals surface area contributed by atoms with Gasteiger partial charge in [-0.2, -0.15) is 0 Å². The van der Waals surface area contributed by atoms with Crippen molar-refractivity contribution < 1.29 is 28.3 Å². The van der Waals surface area contributed by atoms with Gasteiger partial charge in [0.25, 0.3) is 17.7 Å². The number of benzene rings is 2. The predicted molar refractivity (Wildman–Crippen MR) is 117 cm³/mol. The number of rotatable bonds is 6. The van der Waals surface area contributed by atoms with Crippen LogP contribution in [0.5, 0.6) is 0 Å². The first-order valence-corrected chi connectivity index (χ1v) is 11.0. The predicted octanol–water partition coefficient (Wildman–Crippen LogP) is 3.57. The number of ether oxygens (including phenoxy) is 1. The smallest absolute Gasteiger partial charge is 0.338 e. The average Bonchev–Trinajstić information content (AvgIpc) is 3.08. The molecule has 1 fully saturated rings. The summed E-state index contributed by atoms with van der Waals surface area (Å²) in [7, 11) is 1.55. The van der Waals surface area contributed by atoms with Crippen molar-refractivity contribution in [1.82, 2.24) is 9.80 Å². The van der Waals surface area contributed by atoms with E-state index < -0.39 is 18.5 Å². The zero-order chi connectivity index (χ0) is 23.5. The minimum absolute atomic E-state index is 0.101. The Balaban J connectivity index is 1.37. The highest BCUT2D eigenvalue weighted by atomic mass is 19.1. The summed E-state index contributed by atoms with van der Waals surface area (Å²) < 4.78 is 18.2. The van der Waals surface area contributed by atoms with Crippen molar-refractivity contribution in [3.63, 3.8) is 0 Å². The Bertz CT molecular complexity index is 1090. The van der Waals surface area contributed by atoms with E-state index in [1.54, 1.807) is 19.2 Å². The van der Waals surface area contributed by atoms with Crippen molar-refractivity contribution in [3.8, 4) is 0 Å². The van der Waals surface area contributed by atoms with E-state index in [0.29, 0.717) is 0 Å². The maximum atomic E-state index is 13.0. The summed E-state index contributed by atoms with van der Waals surface area (Å²) in [6.45, 7) is -0.238. The first kappa shape index (κ1) is 22.6. The van der Waals surface area contributed by atoms with E-state index in [0.717, 1.165) is 37.7 Å². The standard InChI is InChI=1S/C25H25FN2O5/c1-27(14-16-7-10-18(26)11-8-16)22(29)15-33-25(32)17-9-12-20-21(13-17)24(31)28(23(20)30)19-5-3-2-4-6-19/h7-13,19H,2-6,14-15H2,1H3. The second-order valence-corrected chi connectivity index (χ2v) is 8.48. The second-order valence-electron chi connectivity index (χ2n) is 8.48. The van der Waals surface area contributed by atoms with Crippen LogP contribution in [0.15, 0.2) is 42.5 Å². The maximum Gasteiger partial charge on any atom is 0.338 e. The third kappa shape index (κ3) is 4.79. The Morgan fingerprint density at radius 2 is 1.67 bits per heavy atom. The maximum absolute atomic E-state index is 13.0. The van der Waals surface area contributed by atoms with Crippen molar-refractivity contribution in [2.45, 2.75) is 44.7 Å². The summed E-state index contributed by atoms with van der Waals surface area (Å²) in [6.07, 6.45) is 4.67. The van der Waals surface area contributed by atoms with E-state index in [2.05, 4.69) is 0 Å². The van der Waals surface area contributed by atoms with E-state index in [4.69, 9.17) is 4.74 Å². The SMILES string of the molecule is CN(Cc1ccc(F)cc1)C(=O)COC(=O)c1ccc2c(c1)C(=O)N(C1CCCCC1)C2=O. The fraction of sp³-hybridized carbons (Fsp3) is 0.360. The topological polar surface area (TPSA) is 84.0 Å². The molecule has 0 N–H and O–H groups in total. The van der Waals surface area contributed by atoms with Crippen molar-refractivity contribution in [1.29, 1.82) is 0 Å². The number of carbonyl (C=O) groups excluding carboxylic acids is 4. The number of hydrogen-bond acceptors (Lipinski definition) is 5. The van der Waals surface area contributed by atoms with Gasteiger partial charge in [0.1, 0.15) is 5.82 Å². The molecule has 3 amide bonds. The molecule has 1 saturated carbocycles. The minimum atomic E-state index is -0.752. The Labute approximate surface area is 191 Å². The van der Waals surface area contributed by atoms with Gasteiger partial charge in [-0.1, -0.05) is 31.4 Å². The number of nitrogens with zero attached hydrogens (tertiary/aromatic N) is 2. The first-order chi connectivity index (χ1) is 15.8. The molecule has 172 valence electrons. The van der Waals surface area contributed by atoms with E-state index in [9.17, 15) is 23.6 Å². The first-order valence-electron chi connectivity index (χ1n) is 11.0. The molecule has 2 aliphatic rings. The number of imide groups is 1. The van der Waals surface area contributed by atoms with Crippen molar-refractivity contribution in [2.24, 2.45) is 0 Å². The van der Waals surface area contributed by atoms with Crippen molar-refractivity contribution in [3.05, 3.63) is 70.5 Å². The fourth-order valence-corrected chi connectivity index (χ4v) is 4.33. The molecule has 0 bridgehead atoms. The van der Waals surface area contributed by atoms with Gasteiger partial charge in [0, 0.05) is 19.6 Å². The quantitative estimate of drug-likeness (QED) is 0.494. The lowest BCUT2D eigenvalue weighted by atomic mass is 9.94. The molecule has 0 radical (unpaired) electrons. The molecule has 2 aromatic carbocycles. The number of likely N-dealkylation sites (N-methyl/N-ethyl adjacent to an activating group) is 1. The number of halogens is 1. The zero-order valence-corrected chi connectivity index (χ0v) is 18.4. The molecule has 2 aromatic rings. The molecule has 0 spiro atoms. The molecule has 33 heavy (non-hydrogen) atoms. The zero-order valence-electron chi connectivity index (χ0n) is 18.4. The summed E-state index contributed by atoms with van der Waals surface area (Å²) in [4.78, 5) is 53.2. The van der Waals surface area contributed by atoms with Gasteiger partial charge < -0.3 is 9.64 Å². The van der Waals surface area contributed by atoms with Gasteiger partial charge in [-0.05, 0) is 48.7 Å². The van der Waals surface area contributed by atoms with Crippen LogP contribution in [0, 0.1) is 5.82 Å². The summed E-state index contributed by atoms with van der Waals surface area (Å²) in [5, 5.41) is 0. The third-order valence-electron chi connectivity index (χ3n) is 6.18. The number of hydrogen-bond donors (Lipinski definition) is 0. The summed E-state index contributed by atoms with van der Waals surface area (Å²) in [5.74, 6) is -2.25. The number of amides is 3. The molecule has 0 atom stereocenters. The lowest BCUT2D eigenvalue weighted by molar-refractivity contribution is -0.133. The van der Waals surface area contributed by atoms with Gasteiger partial charge in [0.2, 0.25) is 0 Å². The summed E-state index contributed by atoms with van der Waals surface area (Å²) in [6, 6.07) is 9.94. The number of esters is 1. The monoisotopic (exact) mass is 452 g/mol. The second kappa shape index (κ2) is 9.52. The third-order valence-corrected chi connectivity index (χ3v) is 6.18. The van der Waals surface area contributed by atoms with Gasteiger partial charge in [0.15, 0.2) is 6.61 Å². The molecular weight excluding hydrogens is 427 g/mol. The Kier molecular flexibility index (Phi) is 6.53. The highest BCUT2D eigenvalue weighted by molar-refractivity contribution is 6.22. The van der Waals surface area contributed by atoms with Crippen LogP contribution in [0.3, 0.4) is 0 Å². The summed E-state index contributed by atoms with van der Waals surface area (Å²) >= 11 is 0. The average molecular weight is 452 g/mol. The van der Waals surface area contributed by atoms with Crippen LogP contribution >= 0.6 is 0 Å². The van der Waals surface area contributed by atoms with Gasteiger partial charge in [-0.25, -0.2) is 9.18 Å². The minimum Gasteiger partial charge on any atom is -0.452 e. The molecule has 1 aliphatic carbocycles. The van der Waals surface area contributed by atoms with Crippen molar-refractivity contribution in [2.75, 3.05) is 13.7 Å². The van der Waals surface area contributed by atoms with E-state index in [1.807, 2.05) is 0 Å². The highest BCUT2D eigenvalue weighted by Crippen LogP contribution is 2.31. The molecule has 0 unspecified atom stereocenters. The molecule has 4 rings (SSSR count). The number of fused-ring (bicyclic) bond motifs is 1. The molecule has 8 heteroatoms.